The molecule has 1 saturated heterocycles. The Morgan fingerprint density at radius 2 is 1.92 bits per heavy atom. The predicted molar refractivity (Wildman–Crippen MR) is 98.1 cm³/mol. The number of hydrogen-bond donors (Lipinski definition) is 2. The summed E-state index contributed by atoms with van der Waals surface area (Å²) in [6, 6.07) is 3.34. The van der Waals surface area contributed by atoms with Gasteiger partial charge in [-0.3, -0.25) is 5.32 Å². The molecule has 26 heavy (non-hydrogen) atoms. The number of pyridine rings is 1. The van der Waals surface area contributed by atoms with Crippen molar-refractivity contribution in [1.29, 1.82) is 0 Å². The third kappa shape index (κ3) is 3.32. The average molecular weight is 358 g/mol. The number of hydrogen-bond acceptors (Lipinski definition) is 5. The van der Waals surface area contributed by atoms with Crippen molar-refractivity contribution in [1.82, 2.24) is 14.8 Å². The monoisotopic (exact) mass is 358 g/mol. The van der Waals surface area contributed by atoms with E-state index in [1.807, 2.05) is 40.8 Å². The largest absolute Gasteiger partial charge is 0.498 e. The van der Waals surface area contributed by atoms with Crippen LogP contribution in [0.3, 0.4) is 0 Å². The minimum atomic E-state index is -1.13. The van der Waals surface area contributed by atoms with Crippen LogP contribution in [-0.4, -0.2) is 44.3 Å². The van der Waals surface area contributed by atoms with Gasteiger partial charge in [-0.25, -0.2) is 14.5 Å². The topological polar surface area (TPSA) is 98.5 Å². The first-order valence-electron chi connectivity index (χ1n) is 8.53. The molecule has 0 spiro atoms. The second kappa shape index (κ2) is 6.41. The van der Waals surface area contributed by atoms with Gasteiger partial charge in [0.1, 0.15) is 0 Å². The van der Waals surface area contributed by atoms with Crippen LogP contribution in [0.25, 0.3) is 5.82 Å². The molecule has 0 aromatic carbocycles. The Balaban J connectivity index is 1.89. The lowest BCUT2D eigenvalue weighted by molar-refractivity contribution is 0.00578. The highest BCUT2D eigenvalue weighted by atomic mass is 16.7. The maximum Gasteiger partial charge on any atom is 0.498 e. The fourth-order valence-corrected chi connectivity index (χ4v) is 2.70. The molecule has 2 N–H and O–H groups in total. The summed E-state index contributed by atoms with van der Waals surface area (Å²) in [4.78, 5) is 14.9. The number of amides is 1. The second-order valence-electron chi connectivity index (χ2n) is 7.25. The SMILES string of the molecule is CCc1nn(-c2ccc(NC(=O)O)cn2)cc1B1OC(C)(C)C(C)(C)O1. The normalized spacial score (nSPS) is 18.1. The number of nitrogens with zero attached hydrogens (tertiary/aromatic N) is 3. The Morgan fingerprint density at radius 1 is 1.27 bits per heavy atom. The highest BCUT2D eigenvalue weighted by Crippen LogP contribution is 2.36. The van der Waals surface area contributed by atoms with Gasteiger partial charge in [-0.2, -0.15) is 5.10 Å². The highest BCUT2D eigenvalue weighted by molar-refractivity contribution is 6.62. The van der Waals surface area contributed by atoms with Crippen LogP contribution >= 0.6 is 0 Å². The zero-order valence-corrected chi connectivity index (χ0v) is 15.6. The Kier molecular flexibility index (Phi) is 4.53. The van der Waals surface area contributed by atoms with Crippen LogP contribution in [0, 0.1) is 0 Å². The van der Waals surface area contributed by atoms with E-state index in [4.69, 9.17) is 14.4 Å². The molecule has 9 heteroatoms. The smallest absolute Gasteiger partial charge is 0.465 e. The quantitative estimate of drug-likeness (QED) is 0.814. The van der Waals surface area contributed by atoms with E-state index >= 15 is 0 Å². The maximum absolute atomic E-state index is 10.7. The minimum Gasteiger partial charge on any atom is -0.465 e. The van der Waals surface area contributed by atoms with Crippen molar-refractivity contribution in [2.45, 2.75) is 52.2 Å². The lowest BCUT2D eigenvalue weighted by atomic mass is 9.79. The van der Waals surface area contributed by atoms with E-state index in [0.29, 0.717) is 11.5 Å². The number of rotatable bonds is 4. The molecule has 3 rings (SSSR count). The van der Waals surface area contributed by atoms with Gasteiger partial charge in [0.15, 0.2) is 5.82 Å². The van der Waals surface area contributed by atoms with Crippen LogP contribution in [-0.2, 0) is 15.7 Å². The molecule has 8 nitrogen and oxygen atoms in total. The predicted octanol–water partition coefficient (Wildman–Crippen LogP) is 2.22. The first kappa shape index (κ1) is 18.4. The summed E-state index contributed by atoms with van der Waals surface area (Å²) >= 11 is 0. The van der Waals surface area contributed by atoms with Crippen LogP contribution in [0.1, 0.15) is 40.3 Å². The van der Waals surface area contributed by atoms with Crippen molar-refractivity contribution in [2.24, 2.45) is 0 Å². The van der Waals surface area contributed by atoms with Crippen LogP contribution in [0.5, 0.6) is 0 Å². The van der Waals surface area contributed by atoms with Crippen LogP contribution < -0.4 is 10.8 Å². The first-order chi connectivity index (χ1) is 12.1. The fourth-order valence-electron chi connectivity index (χ4n) is 2.70. The molecule has 0 aliphatic carbocycles. The molecule has 0 radical (unpaired) electrons. The van der Waals surface area contributed by atoms with Crippen molar-refractivity contribution in [2.75, 3.05) is 5.32 Å². The van der Waals surface area contributed by atoms with Crippen molar-refractivity contribution in [3.05, 3.63) is 30.2 Å². The van der Waals surface area contributed by atoms with E-state index in [1.54, 1.807) is 16.8 Å². The Bertz CT molecular complexity index is 801. The van der Waals surface area contributed by atoms with Gasteiger partial charge in [-0.15, -0.1) is 0 Å². The van der Waals surface area contributed by atoms with Gasteiger partial charge in [0.2, 0.25) is 0 Å². The summed E-state index contributed by atoms with van der Waals surface area (Å²) in [7, 11) is -0.489. The zero-order valence-electron chi connectivity index (χ0n) is 15.6. The van der Waals surface area contributed by atoms with E-state index in [-0.39, 0.29) is 0 Å². The molecule has 1 aliphatic heterocycles. The van der Waals surface area contributed by atoms with Crippen molar-refractivity contribution >= 4 is 24.4 Å². The molecule has 0 unspecified atom stereocenters. The minimum absolute atomic E-state index is 0.398. The summed E-state index contributed by atoms with van der Waals surface area (Å²) in [6.07, 6.45) is 2.90. The van der Waals surface area contributed by atoms with Gasteiger partial charge in [0.05, 0.1) is 28.8 Å². The third-order valence-electron chi connectivity index (χ3n) is 4.90. The lowest BCUT2D eigenvalue weighted by Crippen LogP contribution is -2.41. The van der Waals surface area contributed by atoms with Crippen LogP contribution in [0.2, 0.25) is 0 Å². The summed E-state index contributed by atoms with van der Waals surface area (Å²) in [5, 5.41) is 15.6. The summed E-state index contributed by atoms with van der Waals surface area (Å²) < 4.78 is 13.9. The van der Waals surface area contributed by atoms with Crippen molar-refractivity contribution in [3.63, 3.8) is 0 Å². The van der Waals surface area contributed by atoms with Gasteiger partial charge in [0.25, 0.3) is 0 Å². The molecule has 3 heterocycles. The number of aromatic nitrogens is 3. The number of aryl methyl sites for hydroxylation is 1. The van der Waals surface area contributed by atoms with Gasteiger partial charge in [-0.1, -0.05) is 6.92 Å². The van der Waals surface area contributed by atoms with Crippen LogP contribution in [0.4, 0.5) is 10.5 Å². The molecule has 138 valence electrons. The van der Waals surface area contributed by atoms with E-state index in [9.17, 15) is 4.79 Å². The van der Waals surface area contributed by atoms with E-state index in [1.165, 1.54) is 6.20 Å². The molecule has 1 aliphatic rings. The standard InChI is InChI=1S/C17H23BN4O4/c1-6-13-12(18-25-16(2,3)17(4,5)26-18)10-22(21-13)14-8-7-11(9-19-14)20-15(23)24/h7-10,20H,6H2,1-5H3,(H,23,24). The highest BCUT2D eigenvalue weighted by Gasteiger charge is 2.52. The molecule has 1 amide bonds. The Labute approximate surface area is 152 Å². The Hall–Kier alpha value is -2.39. The second-order valence-corrected chi connectivity index (χ2v) is 7.25. The number of carbonyl (C=O) groups is 1. The zero-order chi connectivity index (χ0) is 19.1. The molecule has 2 aromatic heterocycles. The molecule has 0 saturated carbocycles. The fraction of sp³-hybridized carbons (Fsp3) is 0.471. The Morgan fingerprint density at radius 3 is 2.42 bits per heavy atom. The van der Waals surface area contributed by atoms with E-state index in [0.717, 1.165) is 17.6 Å². The van der Waals surface area contributed by atoms with Gasteiger partial charge in [-0.05, 0) is 46.2 Å². The molecule has 0 bridgehead atoms. The average Bonchev–Trinajstić information content (AvgIpc) is 3.06. The molecular weight excluding hydrogens is 335 g/mol. The molecule has 0 atom stereocenters. The van der Waals surface area contributed by atoms with E-state index < -0.39 is 24.4 Å². The molecular formula is C17H23BN4O4. The van der Waals surface area contributed by atoms with E-state index in [2.05, 4.69) is 15.4 Å². The van der Waals surface area contributed by atoms with Gasteiger partial charge in [0, 0.05) is 11.7 Å². The number of anilines is 1. The van der Waals surface area contributed by atoms with Gasteiger partial charge >= 0.3 is 13.2 Å². The summed E-state index contributed by atoms with van der Waals surface area (Å²) in [6.45, 7) is 10.1. The lowest BCUT2D eigenvalue weighted by Gasteiger charge is -2.32. The summed E-state index contributed by atoms with van der Waals surface area (Å²) in [5.74, 6) is 0.582. The maximum atomic E-state index is 10.7. The van der Waals surface area contributed by atoms with Crippen molar-refractivity contribution < 1.29 is 19.2 Å². The first-order valence-corrected chi connectivity index (χ1v) is 8.53. The number of carboxylic acid groups (broad SMARTS) is 1. The summed E-state index contributed by atoms with van der Waals surface area (Å²) in [5.41, 5.74) is 1.30. The van der Waals surface area contributed by atoms with Gasteiger partial charge < -0.3 is 14.4 Å². The third-order valence-corrected chi connectivity index (χ3v) is 4.90. The number of nitrogens with one attached hydrogen (secondary N) is 1. The van der Waals surface area contributed by atoms with Crippen LogP contribution in [0.15, 0.2) is 24.5 Å². The molecule has 1 fully saturated rings. The molecule has 2 aromatic rings. The van der Waals surface area contributed by atoms with Crippen molar-refractivity contribution in [3.8, 4) is 5.82 Å².